The van der Waals surface area contributed by atoms with E-state index in [1.54, 1.807) is 13.3 Å². The van der Waals surface area contributed by atoms with Gasteiger partial charge in [-0.15, -0.1) is 11.3 Å². The first kappa shape index (κ1) is 17.7. The van der Waals surface area contributed by atoms with E-state index in [-0.39, 0.29) is 12.1 Å². The standard InChI is InChI=1S/C17H22N4O3S/c1-24-12-4-2-3-11(7-12)16-19-8-13(25-16)9-20-17(23)21-14-5-6-18-10-15(14)22/h2-4,7-8,14-15,18,22H,5-6,9-10H2,1H3,(H2,20,21,23)/t14-,15-/m1/s1. The van der Waals surface area contributed by atoms with Crippen LogP contribution in [0.15, 0.2) is 30.5 Å². The highest BCUT2D eigenvalue weighted by Crippen LogP contribution is 2.27. The largest absolute Gasteiger partial charge is 0.497 e. The number of thiazole rings is 1. The first-order valence-electron chi connectivity index (χ1n) is 8.18. The summed E-state index contributed by atoms with van der Waals surface area (Å²) in [6, 6.07) is 7.23. The fraction of sp³-hybridized carbons (Fsp3) is 0.412. The first-order valence-corrected chi connectivity index (χ1v) is 8.99. The molecule has 8 heteroatoms. The van der Waals surface area contributed by atoms with E-state index in [4.69, 9.17) is 4.74 Å². The number of amides is 2. The second-order valence-corrected chi connectivity index (χ2v) is 6.97. The van der Waals surface area contributed by atoms with Crippen molar-refractivity contribution >= 4 is 17.4 Å². The zero-order chi connectivity index (χ0) is 17.6. The zero-order valence-electron chi connectivity index (χ0n) is 14.0. The molecule has 134 valence electrons. The molecule has 0 unspecified atom stereocenters. The molecule has 1 aromatic heterocycles. The number of aliphatic hydroxyl groups is 1. The third-order valence-electron chi connectivity index (χ3n) is 4.06. The Hall–Kier alpha value is -2.16. The van der Waals surface area contributed by atoms with Crippen LogP contribution in [0.5, 0.6) is 5.75 Å². The smallest absolute Gasteiger partial charge is 0.315 e. The lowest BCUT2D eigenvalue weighted by atomic mass is 10.0. The highest BCUT2D eigenvalue weighted by molar-refractivity contribution is 7.15. The van der Waals surface area contributed by atoms with E-state index in [2.05, 4.69) is 20.9 Å². The highest BCUT2D eigenvalue weighted by atomic mass is 32.1. The molecule has 7 nitrogen and oxygen atoms in total. The van der Waals surface area contributed by atoms with Gasteiger partial charge in [-0.2, -0.15) is 0 Å². The van der Waals surface area contributed by atoms with Crippen molar-refractivity contribution in [3.63, 3.8) is 0 Å². The second kappa shape index (κ2) is 8.28. The van der Waals surface area contributed by atoms with E-state index in [9.17, 15) is 9.90 Å². The van der Waals surface area contributed by atoms with Gasteiger partial charge >= 0.3 is 6.03 Å². The number of rotatable bonds is 5. The van der Waals surface area contributed by atoms with Crippen LogP contribution < -0.4 is 20.7 Å². The molecule has 0 aliphatic carbocycles. The topological polar surface area (TPSA) is 95.5 Å². The Balaban J connectivity index is 1.53. The van der Waals surface area contributed by atoms with E-state index in [1.807, 2.05) is 24.3 Å². The number of piperidine rings is 1. The number of nitrogens with zero attached hydrogens (tertiary/aromatic N) is 1. The number of aromatic nitrogens is 1. The molecule has 0 radical (unpaired) electrons. The summed E-state index contributed by atoms with van der Waals surface area (Å²) >= 11 is 1.53. The van der Waals surface area contributed by atoms with Crippen LogP contribution in [-0.4, -0.2) is 48.5 Å². The molecule has 25 heavy (non-hydrogen) atoms. The minimum atomic E-state index is -0.553. The van der Waals surface area contributed by atoms with Crippen LogP contribution in [0.25, 0.3) is 10.6 Å². The summed E-state index contributed by atoms with van der Waals surface area (Å²) in [6.45, 7) is 1.69. The summed E-state index contributed by atoms with van der Waals surface area (Å²) < 4.78 is 5.23. The molecule has 2 atom stereocenters. The van der Waals surface area contributed by atoms with E-state index in [0.717, 1.165) is 34.2 Å². The van der Waals surface area contributed by atoms with Crippen LogP contribution in [-0.2, 0) is 6.54 Å². The van der Waals surface area contributed by atoms with Gasteiger partial charge in [0.05, 0.1) is 25.8 Å². The molecule has 1 aliphatic heterocycles. The number of carbonyl (C=O) groups is 1. The van der Waals surface area contributed by atoms with Crippen molar-refractivity contribution < 1.29 is 14.6 Å². The van der Waals surface area contributed by atoms with Gasteiger partial charge in [0.15, 0.2) is 0 Å². The van der Waals surface area contributed by atoms with Crippen molar-refractivity contribution in [1.82, 2.24) is 20.9 Å². The summed E-state index contributed by atoms with van der Waals surface area (Å²) in [5.41, 5.74) is 0.984. The molecule has 0 spiro atoms. The lowest BCUT2D eigenvalue weighted by molar-refractivity contribution is 0.106. The number of nitrogens with one attached hydrogen (secondary N) is 3. The SMILES string of the molecule is COc1cccc(-c2ncc(CNC(=O)N[C@@H]3CCNC[C@H]3O)s2)c1. The van der Waals surface area contributed by atoms with Crippen molar-refractivity contribution in [3.8, 4) is 16.3 Å². The van der Waals surface area contributed by atoms with E-state index in [1.165, 1.54) is 11.3 Å². The Kier molecular flexibility index (Phi) is 5.85. The van der Waals surface area contributed by atoms with Gasteiger partial charge in [0.25, 0.3) is 0 Å². The van der Waals surface area contributed by atoms with Crippen LogP contribution in [0.3, 0.4) is 0 Å². The van der Waals surface area contributed by atoms with Gasteiger partial charge < -0.3 is 25.8 Å². The van der Waals surface area contributed by atoms with Gasteiger partial charge in [-0.25, -0.2) is 9.78 Å². The Morgan fingerprint density at radius 2 is 2.40 bits per heavy atom. The van der Waals surface area contributed by atoms with Crippen molar-refractivity contribution in [3.05, 3.63) is 35.3 Å². The van der Waals surface area contributed by atoms with Crippen LogP contribution in [0.4, 0.5) is 4.79 Å². The molecule has 0 saturated carbocycles. The van der Waals surface area contributed by atoms with Gasteiger partial charge in [0.2, 0.25) is 0 Å². The molecule has 1 fully saturated rings. The number of hydrogen-bond acceptors (Lipinski definition) is 6. The molecule has 0 bridgehead atoms. The number of methoxy groups -OCH3 is 1. The highest BCUT2D eigenvalue weighted by Gasteiger charge is 2.24. The average Bonchev–Trinajstić information content (AvgIpc) is 3.11. The van der Waals surface area contributed by atoms with Gasteiger partial charge in [0, 0.05) is 23.2 Å². The molecule has 2 aromatic rings. The molecular formula is C17H22N4O3S. The lowest BCUT2D eigenvalue weighted by Gasteiger charge is -2.28. The zero-order valence-corrected chi connectivity index (χ0v) is 14.8. The Labute approximate surface area is 150 Å². The quantitative estimate of drug-likeness (QED) is 0.644. The summed E-state index contributed by atoms with van der Waals surface area (Å²) in [7, 11) is 1.63. The summed E-state index contributed by atoms with van der Waals surface area (Å²) in [5, 5.41) is 19.5. The van der Waals surface area contributed by atoms with Crippen LogP contribution in [0.1, 0.15) is 11.3 Å². The van der Waals surface area contributed by atoms with Gasteiger partial charge in [-0.05, 0) is 25.1 Å². The van der Waals surface area contributed by atoms with Crippen molar-refractivity contribution in [2.45, 2.75) is 25.1 Å². The van der Waals surface area contributed by atoms with Crippen LogP contribution in [0.2, 0.25) is 0 Å². The summed E-state index contributed by atoms with van der Waals surface area (Å²) in [6.07, 6.45) is 1.93. The summed E-state index contributed by atoms with van der Waals surface area (Å²) in [4.78, 5) is 17.4. The normalized spacial score (nSPS) is 20.1. The maximum atomic E-state index is 12.0. The molecule has 3 rings (SSSR count). The monoisotopic (exact) mass is 362 g/mol. The van der Waals surface area contributed by atoms with Gasteiger partial charge in [-0.3, -0.25) is 0 Å². The van der Waals surface area contributed by atoms with Crippen LogP contribution in [0, 0.1) is 0 Å². The maximum absolute atomic E-state index is 12.0. The molecule has 4 N–H and O–H groups in total. The number of hydrogen-bond donors (Lipinski definition) is 4. The van der Waals surface area contributed by atoms with Crippen molar-refractivity contribution in [2.24, 2.45) is 0 Å². The van der Waals surface area contributed by atoms with E-state index >= 15 is 0 Å². The number of benzene rings is 1. The minimum Gasteiger partial charge on any atom is -0.497 e. The fourth-order valence-corrected chi connectivity index (χ4v) is 3.52. The van der Waals surface area contributed by atoms with Gasteiger partial charge in [0.1, 0.15) is 10.8 Å². The minimum absolute atomic E-state index is 0.213. The predicted molar refractivity (Wildman–Crippen MR) is 96.8 cm³/mol. The Morgan fingerprint density at radius 3 is 3.20 bits per heavy atom. The van der Waals surface area contributed by atoms with E-state index < -0.39 is 6.10 Å². The third kappa shape index (κ3) is 4.68. The Morgan fingerprint density at radius 1 is 1.52 bits per heavy atom. The predicted octanol–water partition coefficient (Wildman–Crippen LogP) is 1.34. The average molecular weight is 362 g/mol. The molecule has 1 saturated heterocycles. The summed E-state index contributed by atoms with van der Waals surface area (Å²) in [5.74, 6) is 0.785. The number of aliphatic hydroxyl groups excluding tert-OH is 1. The lowest BCUT2D eigenvalue weighted by Crippen LogP contribution is -2.54. The van der Waals surface area contributed by atoms with Crippen molar-refractivity contribution in [1.29, 1.82) is 0 Å². The maximum Gasteiger partial charge on any atom is 0.315 e. The number of β-amino-alcohol motifs (C(OH)–C–C–N with tert-alkyl or cyclic N) is 1. The van der Waals surface area contributed by atoms with Crippen molar-refractivity contribution in [2.75, 3.05) is 20.2 Å². The number of ether oxygens (including phenoxy) is 1. The number of carbonyl (C=O) groups excluding carboxylic acids is 1. The fourth-order valence-electron chi connectivity index (χ4n) is 2.68. The molecule has 2 amide bonds. The molecule has 2 heterocycles. The number of urea groups is 1. The van der Waals surface area contributed by atoms with Crippen LogP contribution >= 0.6 is 11.3 Å². The third-order valence-corrected chi connectivity index (χ3v) is 5.11. The second-order valence-electron chi connectivity index (χ2n) is 5.86. The van der Waals surface area contributed by atoms with E-state index in [0.29, 0.717) is 13.1 Å². The Bertz CT molecular complexity index is 721. The molecule has 1 aliphatic rings. The molecule has 1 aromatic carbocycles. The molecular weight excluding hydrogens is 340 g/mol. The first-order chi connectivity index (χ1) is 12.2. The van der Waals surface area contributed by atoms with Gasteiger partial charge in [-0.1, -0.05) is 12.1 Å².